The third-order valence-electron chi connectivity index (χ3n) is 3.57. The van der Waals surface area contributed by atoms with Gasteiger partial charge in [-0.05, 0) is 36.9 Å². The maximum absolute atomic E-state index is 3.63. The fraction of sp³-hybridized carbons (Fsp3) is 0.750. The number of aryl methyl sites for hydroxylation is 1. The first-order valence-corrected chi connectivity index (χ1v) is 8.44. The summed E-state index contributed by atoms with van der Waals surface area (Å²) in [6.07, 6.45) is 9.61. The van der Waals surface area contributed by atoms with Crippen molar-refractivity contribution in [2.75, 3.05) is 6.54 Å². The zero-order valence-electron chi connectivity index (χ0n) is 12.3. The van der Waals surface area contributed by atoms with Crippen LogP contribution in [0.15, 0.2) is 11.4 Å². The Labute approximate surface area is 117 Å². The minimum absolute atomic E-state index is 0.576. The molecule has 1 unspecified atom stereocenters. The van der Waals surface area contributed by atoms with Crippen LogP contribution in [0.25, 0.3) is 0 Å². The summed E-state index contributed by atoms with van der Waals surface area (Å²) in [6.45, 7) is 7.79. The van der Waals surface area contributed by atoms with Crippen LogP contribution in [0.5, 0.6) is 0 Å². The Hall–Kier alpha value is -0.340. The first-order chi connectivity index (χ1) is 8.79. The van der Waals surface area contributed by atoms with Gasteiger partial charge in [-0.1, -0.05) is 52.4 Å². The number of rotatable bonds is 10. The van der Waals surface area contributed by atoms with Crippen molar-refractivity contribution in [3.05, 3.63) is 21.9 Å². The van der Waals surface area contributed by atoms with Gasteiger partial charge in [-0.2, -0.15) is 0 Å². The SMILES string of the molecule is CCCCCCCCC(NCC)c1ccsc1C. The third kappa shape index (κ3) is 5.53. The van der Waals surface area contributed by atoms with Gasteiger partial charge in [-0.15, -0.1) is 11.3 Å². The number of nitrogens with one attached hydrogen (secondary N) is 1. The molecule has 0 saturated carbocycles. The quantitative estimate of drug-likeness (QED) is 0.555. The molecule has 0 aliphatic carbocycles. The minimum atomic E-state index is 0.576. The molecule has 0 fully saturated rings. The minimum Gasteiger partial charge on any atom is -0.310 e. The lowest BCUT2D eigenvalue weighted by Crippen LogP contribution is -2.20. The Morgan fingerprint density at radius 3 is 2.44 bits per heavy atom. The van der Waals surface area contributed by atoms with E-state index in [4.69, 9.17) is 0 Å². The lowest BCUT2D eigenvalue weighted by molar-refractivity contribution is 0.476. The number of hydrogen-bond donors (Lipinski definition) is 1. The van der Waals surface area contributed by atoms with E-state index in [1.54, 1.807) is 0 Å². The number of hydrogen-bond acceptors (Lipinski definition) is 2. The van der Waals surface area contributed by atoms with Gasteiger partial charge in [0.2, 0.25) is 0 Å². The second-order valence-corrected chi connectivity index (χ2v) is 6.22. The van der Waals surface area contributed by atoms with Crippen molar-refractivity contribution in [3.63, 3.8) is 0 Å². The van der Waals surface area contributed by atoms with E-state index in [0.717, 1.165) is 6.54 Å². The fourth-order valence-corrected chi connectivity index (χ4v) is 3.26. The van der Waals surface area contributed by atoms with E-state index in [9.17, 15) is 0 Å². The van der Waals surface area contributed by atoms with Crippen molar-refractivity contribution in [3.8, 4) is 0 Å². The third-order valence-corrected chi connectivity index (χ3v) is 4.43. The zero-order chi connectivity index (χ0) is 13.2. The van der Waals surface area contributed by atoms with Gasteiger partial charge < -0.3 is 5.32 Å². The van der Waals surface area contributed by atoms with E-state index in [-0.39, 0.29) is 0 Å². The first-order valence-electron chi connectivity index (χ1n) is 7.57. The maximum atomic E-state index is 3.63. The standard InChI is InChI=1S/C16H29NS/c1-4-6-7-8-9-10-11-16(17-5-2)15-12-13-18-14(15)3/h12-13,16-17H,4-11H2,1-3H3. The Morgan fingerprint density at radius 2 is 1.83 bits per heavy atom. The van der Waals surface area contributed by atoms with Gasteiger partial charge >= 0.3 is 0 Å². The molecule has 104 valence electrons. The van der Waals surface area contributed by atoms with Crippen molar-refractivity contribution in [1.82, 2.24) is 5.32 Å². The topological polar surface area (TPSA) is 12.0 Å². The molecule has 1 aromatic rings. The molecule has 1 atom stereocenters. The molecular formula is C16H29NS. The van der Waals surface area contributed by atoms with Gasteiger partial charge in [0.25, 0.3) is 0 Å². The van der Waals surface area contributed by atoms with Gasteiger partial charge in [0.15, 0.2) is 0 Å². The van der Waals surface area contributed by atoms with Crippen molar-refractivity contribution in [1.29, 1.82) is 0 Å². The molecule has 0 aliphatic heterocycles. The van der Waals surface area contributed by atoms with Gasteiger partial charge in [-0.3, -0.25) is 0 Å². The van der Waals surface area contributed by atoms with Crippen molar-refractivity contribution < 1.29 is 0 Å². The van der Waals surface area contributed by atoms with E-state index in [2.05, 4.69) is 37.5 Å². The van der Waals surface area contributed by atoms with Crippen LogP contribution < -0.4 is 5.32 Å². The van der Waals surface area contributed by atoms with E-state index in [1.165, 1.54) is 55.4 Å². The maximum Gasteiger partial charge on any atom is 0.0331 e. The molecule has 1 N–H and O–H groups in total. The average Bonchev–Trinajstić information content (AvgIpc) is 2.78. The molecule has 18 heavy (non-hydrogen) atoms. The van der Waals surface area contributed by atoms with Crippen LogP contribution in [0.2, 0.25) is 0 Å². The largest absolute Gasteiger partial charge is 0.310 e. The Balaban J connectivity index is 2.29. The summed E-state index contributed by atoms with van der Waals surface area (Å²) in [5.74, 6) is 0. The summed E-state index contributed by atoms with van der Waals surface area (Å²) in [5.41, 5.74) is 1.52. The summed E-state index contributed by atoms with van der Waals surface area (Å²) < 4.78 is 0. The molecule has 1 aromatic heterocycles. The highest BCUT2D eigenvalue weighted by Gasteiger charge is 2.12. The van der Waals surface area contributed by atoms with Crippen LogP contribution in [-0.4, -0.2) is 6.54 Å². The Bertz CT molecular complexity index is 306. The van der Waals surface area contributed by atoms with Crippen LogP contribution in [0.1, 0.15) is 75.3 Å². The zero-order valence-corrected chi connectivity index (χ0v) is 13.1. The molecule has 1 nitrogen and oxygen atoms in total. The van der Waals surface area contributed by atoms with Crippen LogP contribution in [-0.2, 0) is 0 Å². The molecule has 0 bridgehead atoms. The number of thiophene rings is 1. The molecule has 1 heterocycles. The monoisotopic (exact) mass is 267 g/mol. The van der Waals surface area contributed by atoms with E-state index in [0.29, 0.717) is 6.04 Å². The predicted molar refractivity (Wildman–Crippen MR) is 83.5 cm³/mol. The normalized spacial score (nSPS) is 12.8. The predicted octanol–water partition coefficient (Wildman–Crippen LogP) is 5.46. The number of unbranched alkanes of at least 4 members (excludes halogenated alkanes) is 5. The molecular weight excluding hydrogens is 238 g/mol. The Morgan fingerprint density at radius 1 is 1.11 bits per heavy atom. The second kappa shape index (κ2) is 9.57. The van der Waals surface area contributed by atoms with Crippen LogP contribution in [0, 0.1) is 6.92 Å². The van der Waals surface area contributed by atoms with Crippen LogP contribution in [0.4, 0.5) is 0 Å². The molecule has 0 radical (unpaired) electrons. The summed E-state index contributed by atoms with van der Waals surface area (Å²) in [4.78, 5) is 1.48. The van der Waals surface area contributed by atoms with Gasteiger partial charge in [-0.25, -0.2) is 0 Å². The van der Waals surface area contributed by atoms with Gasteiger partial charge in [0.05, 0.1) is 0 Å². The summed E-state index contributed by atoms with van der Waals surface area (Å²) in [6, 6.07) is 2.87. The Kier molecular flexibility index (Phi) is 8.36. The molecule has 0 amide bonds. The van der Waals surface area contributed by atoms with Crippen molar-refractivity contribution in [2.24, 2.45) is 0 Å². The molecule has 0 aliphatic rings. The van der Waals surface area contributed by atoms with Crippen molar-refractivity contribution >= 4 is 11.3 Å². The van der Waals surface area contributed by atoms with Crippen LogP contribution in [0.3, 0.4) is 0 Å². The highest BCUT2D eigenvalue weighted by Crippen LogP contribution is 2.26. The molecule has 0 spiro atoms. The van der Waals surface area contributed by atoms with E-state index >= 15 is 0 Å². The summed E-state index contributed by atoms with van der Waals surface area (Å²) in [5, 5.41) is 5.85. The highest BCUT2D eigenvalue weighted by molar-refractivity contribution is 7.10. The lowest BCUT2D eigenvalue weighted by Gasteiger charge is -2.18. The lowest BCUT2D eigenvalue weighted by atomic mass is 10.00. The van der Waals surface area contributed by atoms with Gasteiger partial charge in [0.1, 0.15) is 0 Å². The smallest absolute Gasteiger partial charge is 0.0331 e. The molecule has 0 saturated heterocycles. The van der Waals surface area contributed by atoms with Gasteiger partial charge in [0, 0.05) is 10.9 Å². The van der Waals surface area contributed by atoms with E-state index < -0.39 is 0 Å². The van der Waals surface area contributed by atoms with Crippen molar-refractivity contribution in [2.45, 2.75) is 71.8 Å². The fourth-order valence-electron chi connectivity index (χ4n) is 2.50. The van der Waals surface area contributed by atoms with E-state index in [1.807, 2.05) is 11.3 Å². The molecule has 2 heteroatoms. The molecule has 1 rings (SSSR count). The highest BCUT2D eigenvalue weighted by atomic mass is 32.1. The first kappa shape index (κ1) is 15.7. The second-order valence-electron chi connectivity index (χ2n) is 5.10. The summed E-state index contributed by atoms with van der Waals surface area (Å²) in [7, 11) is 0. The van der Waals surface area contributed by atoms with Crippen LogP contribution >= 0.6 is 11.3 Å². The molecule has 0 aromatic carbocycles. The average molecular weight is 267 g/mol. The summed E-state index contributed by atoms with van der Waals surface area (Å²) >= 11 is 1.87.